The maximum Gasteiger partial charge on any atom is 0.294 e. The molecule has 0 aliphatic heterocycles. The Morgan fingerprint density at radius 3 is 2.38 bits per heavy atom. The predicted octanol–water partition coefficient (Wildman–Crippen LogP) is 2.51. The van der Waals surface area contributed by atoms with Gasteiger partial charge in [-0.25, -0.2) is 9.97 Å². The lowest BCUT2D eigenvalue weighted by Crippen LogP contribution is -2.04. The number of aryl methyl sites for hydroxylation is 3. The van der Waals surface area contributed by atoms with E-state index in [9.17, 15) is 14.9 Å². The van der Waals surface area contributed by atoms with Crippen LogP contribution in [-0.2, 0) is 11.3 Å². The van der Waals surface area contributed by atoms with Crippen molar-refractivity contribution in [2.24, 2.45) is 0 Å². The molecule has 2 aromatic heterocycles. The lowest BCUT2D eigenvalue weighted by Gasteiger charge is -1.96. The Morgan fingerprint density at radius 1 is 1.19 bits per heavy atom. The molecule has 2 aromatic rings. The average Bonchev–Trinajstić information content (AvgIpc) is 2.93. The minimum absolute atomic E-state index is 0.0425. The van der Waals surface area contributed by atoms with Crippen LogP contribution in [0, 0.1) is 30.9 Å². The summed E-state index contributed by atoms with van der Waals surface area (Å²) in [6, 6.07) is 0. The Morgan fingerprint density at radius 2 is 1.81 bits per heavy atom. The molecule has 9 heteroatoms. The van der Waals surface area contributed by atoms with Gasteiger partial charge in [0.1, 0.15) is 6.61 Å². The molecule has 2 heterocycles. The molecule has 0 spiro atoms. The van der Waals surface area contributed by atoms with Gasteiger partial charge in [0.15, 0.2) is 10.0 Å². The van der Waals surface area contributed by atoms with Crippen LogP contribution in [-0.4, -0.2) is 27.4 Å². The third kappa shape index (κ3) is 3.61. The molecular weight excluding hydrogens is 314 g/mol. The van der Waals surface area contributed by atoms with Crippen molar-refractivity contribution in [1.82, 2.24) is 9.97 Å². The van der Waals surface area contributed by atoms with Crippen LogP contribution >= 0.6 is 22.7 Å². The fourth-order valence-electron chi connectivity index (χ4n) is 1.63. The lowest BCUT2D eigenvalue weighted by atomic mass is 10.3. The molecule has 21 heavy (non-hydrogen) atoms. The Balaban J connectivity index is 2.14. The summed E-state index contributed by atoms with van der Waals surface area (Å²) >= 11 is 2.58. The van der Waals surface area contributed by atoms with Crippen LogP contribution in [0.4, 0.5) is 0 Å². The van der Waals surface area contributed by atoms with Gasteiger partial charge in [0.2, 0.25) is 5.78 Å². The number of hydrogen-bond acceptors (Lipinski definition) is 8. The molecule has 0 N–H and O–H groups in total. The quantitative estimate of drug-likeness (QED) is 0.459. The molecule has 0 saturated heterocycles. The number of nitrogens with zero attached hydrogens (tertiary/aromatic N) is 3. The van der Waals surface area contributed by atoms with Crippen molar-refractivity contribution in [2.75, 3.05) is 6.61 Å². The molecule has 0 bridgehead atoms. The van der Waals surface area contributed by atoms with Crippen LogP contribution in [0.5, 0.6) is 0 Å². The Bertz CT molecular complexity index is 673. The van der Waals surface area contributed by atoms with E-state index >= 15 is 0 Å². The molecule has 0 unspecified atom stereocenters. The van der Waals surface area contributed by atoms with Gasteiger partial charge in [-0.3, -0.25) is 4.79 Å². The van der Waals surface area contributed by atoms with Gasteiger partial charge in [0, 0.05) is 16.2 Å². The highest BCUT2D eigenvalue weighted by Crippen LogP contribution is 2.24. The van der Waals surface area contributed by atoms with Crippen molar-refractivity contribution in [2.45, 2.75) is 27.2 Å². The molecule has 0 aliphatic rings. The number of hydrogen-bond donors (Lipinski definition) is 0. The molecule has 0 atom stereocenters. The summed E-state index contributed by atoms with van der Waals surface area (Å²) < 4.78 is 0. The molecule has 2 rings (SSSR count). The fraction of sp³-hybridized carbons (Fsp3) is 0.417. The first-order valence-electron chi connectivity index (χ1n) is 6.10. The van der Waals surface area contributed by atoms with E-state index in [0.717, 1.165) is 15.4 Å². The normalized spacial score (nSPS) is 10.6. The Hall–Kier alpha value is -1.87. The summed E-state index contributed by atoms with van der Waals surface area (Å²) in [5.41, 5.74) is 1.54. The van der Waals surface area contributed by atoms with Gasteiger partial charge >= 0.3 is 0 Å². The number of aromatic nitrogens is 2. The van der Waals surface area contributed by atoms with Crippen LogP contribution < -0.4 is 0 Å². The molecule has 0 radical (unpaired) electrons. The van der Waals surface area contributed by atoms with Crippen LogP contribution in [0.3, 0.4) is 0 Å². The Labute approximate surface area is 128 Å². The van der Waals surface area contributed by atoms with Crippen molar-refractivity contribution < 1.29 is 14.7 Å². The first-order valence-corrected chi connectivity index (χ1v) is 7.74. The van der Waals surface area contributed by atoms with E-state index in [0.29, 0.717) is 22.1 Å². The number of ketones is 1. The van der Waals surface area contributed by atoms with E-state index in [-0.39, 0.29) is 12.4 Å². The van der Waals surface area contributed by atoms with Gasteiger partial charge in [-0.05, 0) is 20.8 Å². The van der Waals surface area contributed by atoms with Gasteiger partial charge in [-0.15, -0.1) is 32.8 Å². The molecule has 0 aromatic carbocycles. The van der Waals surface area contributed by atoms with Gasteiger partial charge in [-0.1, -0.05) is 0 Å². The van der Waals surface area contributed by atoms with Crippen LogP contribution in [0.15, 0.2) is 0 Å². The van der Waals surface area contributed by atoms with E-state index in [2.05, 4.69) is 14.8 Å². The van der Waals surface area contributed by atoms with Crippen LogP contribution in [0.1, 0.15) is 36.0 Å². The van der Waals surface area contributed by atoms with E-state index in [1.165, 1.54) is 22.7 Å². The summed E-state index contributed by atoms with van der Waals surface area (Å²) in [5, 5.41) is 10.1. The SMILES string of the molecule is Cc1nc(C(=O)c2nc(C)c(CCO[N+](=O)[O-])s2)sc1C. The topological polar surface area (TPSA) is 95.2 Å². The highest BCUT2D eigenvalue weighted by Gasteiger charge is 2.20. The molecule has 0 amide bonds. The first kappa shape index (κ1) is 15.5. The van der Waals surface area contributed by atoms with Crippen molar-refractivity contribution in [3.8, 4) is 0 Å². The summed E-state index contributed by atoms with van der Waals surface area (Å²) in [7, 11) is 0. The molecule has 112 valence electrons. The summed E-state index contributed by atoms with van der Waals surface area (Å²) in [6.07, 6.45) is 0.355. The standard InChI is InChI=1S/C12H13N3O4S2/c1-6-8(3)20-11(13-6)10(16)12-14-7(2)9(21-12)4-5-19-15(17)18/h4-5H2,1-3H3. The zero-order valence-corrected chi connectivity index (χ0v) is 13.3. The van der Waals surface area contributed by atoms with Gasteiger partial charge in [0.05, 0.1) is 11.4 Å². The highest BCUT2D eigenvalue weighted by atomic mass is 32.1. The monoisotopic (exact) mass is 327 g/mol. The number of carbonyl (C=O) groups is 1. The van der Waals surface area contributed by atoms with Gasteiger partial charge in [0.25, 0.3) is 5.09 Å². The Kier molecular flexibility index (Phi) is 4.63. The maximum atomic E-state index is 12.3. The predicted molar refractivity (Wildman–Crippen MR) is 78.5 cm³/mol. The lowest BCUT2D eigenvalue weighted by molar-refractivity contribution is -0.757. The van der Waals surface area contributed by atoms with Crippen molar-refractivity contribution >= 4 is 28.5 Å². The van der Waals surface area contributed by atoms with E-state index in [1.807, 2.05) is 13.8 Å². The smallest absolute Gasteiger partial charge is 0.294 e. The van der Waals surface area contributed by atoms with E-state index < -0.39 is 5.09 Å². The number of rotatable bonds is 6. The maximum absolute atomic E-state index is 12.3. The minimum atomic E-state index is -0.830. The number of carbonyl (C=O) groups excluding carboxylic acids is 1. The minimum Gasteiger partial charge on any atom is -0.314 e. The molecule has 0 saturated carbocycles. The largest absolute Gasteiger partial charge is 0.314 e. The van der Waals surface area contributed by atoms with Gasteiger partial charge in [-0.2, -0.15) is 0 Å². The third-order valence-corrected chi connectivity index (χ3v) is 5.12. The zero-order valence-electron chi connectivity index (χ0n) is 11.7. The summed E-state index contributed by atoms with van der Waals surface area (Å²) in [4.78, 5) is 37.0. The number of thiazole rings is 2. The molecule has 7 nitrogen and oxygen atoms in total. The first-order chi connectivity index (χ1) is 9.88. The second kappa shape index (κ2) is 6.27. The second-order valence-electron chi connectivity index (χ2n) is 4.32. The summed E-state index contributed by atoms with van der Waals surface area (Å²) in [6.45, 7) is 5.50. The zero-order chi connectivity index (χ0) is 15.6. The highest BCUT2D eigenvalue weighted by molar-refractivity contribution is 7.17. The molecule has 0 fully saturated rings. The van der Waals surface area contributed by atoms with Gasteiger partial charge < -0.3 is 4.84 Å². The van der Waals surface area contributed by atoms with Crippen molar-refractivity contribution in [1.29, 1.82) is 0 Å². The van der Waals surface area contributed by atoms with E-state index in [4.69, 9.17) is 0 Å². The van der Waals surface area contributed by atoms with Crippen molar-refractivity contribution in [3.05, 3.63) is 41.3 Å². The third-order valence-electron chi connectivity index (χ3n) is 2.84. The van der Waals surface area contributed by atoms with E-state index in [1.54, 1.807) is 6.92 Å². The second-order valence-corrected chi connectivity index (χ2v) is 6.61. The van der Waals surface area contributed by atoms with Crippen molar-refractivity contribution in [3.63, 3.8) is 0 Å². The van der Waals surface area contributed by atoms with Crippen LogP contribution in [0.2, 0.25) is 0 Å². The summed E-state index contributed by atoms with van der Waals surface area (Å²) in [5.74, 6) is -0.203. The molecule has 0 aliphatic carbocycles. The van der Waals surface area contributed by atoms with Crippen LogP contribution in [0.25, 0.3) is 0 Å². The average molecular weight is 327 g/mol. The molecular formula is C12H13N3O4S2. The fourth-order valence-corrected chi connectivity index (χ4v) is 3.54.